The van der Waals surface area contributed by atoms with Gasteiger partial charge in [0.25, 0.3) is 0 Å². The minimum Gasteiger partial charge on any atom is -0.387 e. The van der Waals surface area contributed by atoms with E-state index in [2.05, 4.69) is 19.2 Å². The maximum absolute atomic E-state index is 13.1. The molecule has 1 aromatic carbocycles. The van der Waals surface area contributed by atoms with Crippen LogP contribution in [0.5, 0.6) is 0 Å². The first-order valence-corrected chi connectivity index (χ1v) is 6.38. The predicted octanol–water partition coefficient (Wildman–Crippen LogP) is 3.16. The molecular formula is C14H21F2NO. The monoisotopic (exact) mass is 257 g/mol. The van der Waals surface area contributed by atoms with Crippen LogP contribution in [0, 0.1) is 11.6 Å². The summed E-state index contributed by atoms with van der Waals surface area (Å²) < 4.78 is 25.9. The van der Waals surface area contributed by atoms with Crippen LogP contribution in [0.3, 0.4) is 0 Å². The summed E-state index contributed by atoms with van der Waals surface area (Å²) in [6, 6.07) is 3.61. The first kappa shape index (κ1) is 15.1. The van der Waals surface area contributed by atoms with Gasteiger partial charge in [0.05, 0.1) is 6.10 Å². The lowest BCUT2D eigenvalue weighted by molar-refractivity contribution is 0.128. The highest BCUT2D eigenvalue weighted by molar-refractivity contribution is 5.21. The smallest absolute Gasteiger partial charge is 0.159 e. The summed E-state index contributed by atoms with van der Waals surface area (Å²) in [6.07, 6.45) is 1.08. The van der Waals surface area contributed by atoms with Crippen molar-refractivity contribution in [2.75, 3.05) is 0 Å². The molecule has 2 unspecified atom stereocenters. The van der Waals surface area contributed by atoms with Crippen molar-refractivity contribution in [1.29, 1.82) is 0 Å². The summed E-state index contributed by atoms with van der Waals surface area (Å²) in [5.41, 5.74) is 0.389. The number of aliphatic hydroxyl groups is 1. The molecule has 0 saturated carbocycles. The van der Waals surface area contributed by atoms with Gasteiger partial charge >= 0.3 is 0 Å². The van der Waals surface area contributed by atoms with Crippen LogP contribution in [0.25, 0.3) is 0 Å². The Morgan fingerprint density at radius 1 is 1.17 bits per heavy atom. The third-order valence-corrected chi connectivity index (χ3v) is 3.24. The summed E-state index contributed by atoms with van der Waals surface area (Å²) in [7, 11) is 0. The number of nitrogens with one attached hydrogen (secondary N) is 1. The van der Waals surface area contributed by atoms with E-state index in [9.17, 15) is 13.9 Å². The third kappa shape index (κ3) is 3.75. The maximum Gasteiger partial charge on any atom is 0.159 e. The van der Waals surface area contributed by atoms with Gasteiger partial charge in [-0.15, -0.1) is 0 Å². The third-order valence-electron chi connectivity index (χ3n) is 3.24. The summed E-state index contributed by atoms with van der Waals surface area (Å²) in [5, 5.41) is 13.4. The molecule has 4 heteroatoms. The van der Waals surface area contributed by atoms with Gasteiger partial charge in [-0.3, -0.25) is 0 Å². The Morgan fingerprint density at radius 2 is 1.78 bits per heavy atom. The van der Waals surface area contributed by atoms with E-state index in [0.29, 0.717) is 11.6 Å². The molecule has 0 aliphatic rings. The topological polar surface area (TPSA) is 32.3 Å². The molecule has 0 saturated heterocycles. The molecule has 0 aliphatic heterocycles. The van der Waals surface area contributed by atoms with Gasteiger partial charge in [-0.25, -0.2) is 8.78 Å². The Kier molecular flexibility index (Phi) is 5.69. The van der Waals surface area contributed by atoms with Crippen LogP contribution in [0.2, 0.25) is 0 Å². The van der Waals surface area contributed by atoms with E-state index in [-0.39, 0.29) is 6.04 Å². The lowest BCUT2D eigenvalue weighted by atomic mass is 10.0. The number of benzene rings is 1. The SMILES string of the molecule is CCC(CC)NC(C)C(O)c1ccc(F)c(F)c1. The van der Waals surface area contributed by atoms with Gasteiger partial charge in [0.1, 0.15) is 0 Å². The molecule has 0 aromatic heterocycles. The molecule has 0 radical (unpaired) electrons. The van der Waals surface area contributed by atoms with E-state index in [4.69, 9.17) is 0 Å². The lowest BCUT2D eigenvalue weighted by Crippen LogP contribution is -2.39. The van der Waals surface area contributed by atoms with Crippen LogP contribution in [0.15, 0.2) is 18.2 Å². The zero-order chi connectivity index (χ0) is 13.7. The fourth-order valence-corrected chi connectivity index (χ4v) is 1.97. The van der Waals surface area contributed by atoms with Gasteiger partial charge in [0.15, 0.2) is 11.6 Å². The maximum atomic E-state index is 13.1. The summed E-state index contributed by atoms with van der Waals surface area (Å²) >= 11 is 0. The minimum absolute atomic E-state index is 0.209. The molecule has 0 amide bonds. The summed E-state index contributed by atoms with van der Waals surface area (Å²) in [5.74, 6) is -1.83. The molecule has 0 fully saturated rings. The second kappa shape index (κ2) is 6.81. The van der Waals surface area contributed by atoms with Crippen LogP contribution < -0.4 is 5.32 Å². The number of aliphatic hydroxyl groups excluding tert-OH is 1. The Bertz CT molecular complexity index is 380. The first-order valence-electron chi connectivity index (χ1n) is 6.38. The van der Waals surface area contributed by atoms with Gasteiger partial charge in [-0.05, 0) is 37.5 Å². The quantitative estimate of drug-likeness (QED) is 0.820. The van der Waals surface area contributed by atoms with Gasteiger partial charge in [-0.2, -0.15) is 0 Å². The second-order valence-corrected chi connectivity index (χ2v) is 4.59. The van der Waals surface area contributed by atoms with Crippen LogP contribution in [-0.2, 0) is 0 Å². The van der Waals surface area contributed by atoms with Crippen molar-refractivity contribution in [1.82, 2.24) is 5.32 Å². The van der Waals surface area contributed by atoms with Crippen LogP contribution in [0.4, 0.5) is 8.78 Å². The highest BCUT2D eigenvalue weighted by Crippen LogP contribution is 2.20. The Labute approximate surface area is 107 Å². The van der Waals surface area contributed by atoms with Crippen molar-refractivity contribution >= 4 is 0 Å². The normalized spacial score (nSPS) is 14.8. The molecule has 2 nitrogen and oxygen atoms in total. The van der Waals surface area contributed by atoms with Gasteiger partial charge in [0, 0.05) is 12.1 Å². The molecule has 2 N–H and O–H groups in total. The number of hydrogen-bond acceptors (Lipinski definition) is 2. The average molecular weight is 257 g/mol. The summed E-state index contributed by atoms with van der Waals surface area (Å²) in [4.78, 5) is 0. The van der Waals surface area contributed by atoms with E-state index >= 15 is 0 Å². The fraction of sp³-hybridized carbons (Fsp3) is 0.571. The van der Waals surface area contributed by atoms with E-state index in [1.807, 2.05) is 6.92 Å². The van der Waals surface area contributed by atoms with Crippen LogP contribution >= 0.6 is 0 Å². The van der Waals surface area contributed by atoms with E-state index in [1.54, 1.807) is 0 Å². The molecule has 0 heterocycles. The van der Waals surface area contributed by atoms with Crippen molar-refractivity contribution in [2.24, 2.45) is 0 Å². The second-order valence-electron chi connectivity index (χ2n) is 4.59. The average Bonchev–Trinajstić information content (AvgIpc) is 2.38. The highest BCUT2D eigenvalue weighted by atomic mass is 19.2. The Morgan fingerprint density at radius 3 is 2.28 bits per heavy atom. The zero-order valence-corrected chi connectivity index (χ0v) is 11.1. The minimum atomic E-state index is -0.929. The van der Waals surface area contributed by atoms with Crippen molar-refractivity contribution in [3.8, 4) is 0 Å². The molecular weight excluding hydrogens is 236 g/mol. The van der Waals surface area contributed by atoms with E-state index in [1.165, 1.54) is 6.07 Å². The molecule has 102 valence electrons. The molecule has 18 heavy (non-hydrogen) atoms. The number of halogens is 2. The van der Waals surface area contributed by atoms with Crippen molar-refractivity contribution in [3.63, 3.8) is 0 Å². The van der Waals surface area contributed by atoms with Gasteiger partial charge < -0.3 is 10.4 Å². The molecule has 1 rings (SSSR count). The molecule has 0 aliphatic carbocycles. The molecule has 0 bridgehead atoms. The predicted molar refractivity (Wildman–Crippen MR) is 68.3 cm³/mol. The Balaban J connectivity index is 2.73. The Hall–Kier alpha value is -1.00. The standard InChI is InChI=1S/C14H21F2NO/c1-4-11(5-2)17-9(3)14(18)10-6-7-12(15)13(16)8-10/h6-9,11,14,17-18H,4-5H2,1-3H3. The fourth-order valence-electron chi connectivity index (χ4n) is 1.97. The first-order chi connectivity index (χ1) is 8.49. The van der Waals surface area contributed by atoms with Gasteiger partial charge in [-0.1, -0.05) is 19.9 Å². The van der Waals surface area contributed by atoms with Crippen molar-refractivity contribution < 1.29 is 13.9 Å². The number of hydrogen-bond donors (Lipinski definition) is 2. The lowest BCUT2D eigenvalue weighted by Gasteiger charge is -2.25. The van der Waals surface area contributed by atoms with E-state index in [0.717, 1.165) is 25.0 Å². The van der Waals surface area contributed by atoms with Crippen LogP contribution in [0.1, 0.15) is 45.3 Å². The molecule has 1 aromatic rings. The van der Waals surface area contributed by atoms with Crippen molar-refractivity contribution in [2.45, 2.75) is 51.8 Å². The van der Waals surface area contributed by atoms with Crippen LogP contribution in [-0.4, -0.2) is 17.2 Å². The summed E-state index contributed by atoms with van der Waals surface area (Å²) in [6.45, 7) is 5.97. The largest absolute Gasteiger partial charge is 0.387 e. The zero-order valence-electron chi connectivity index (χ0n) is 11.1. The van der Waals surface area contributed by atoms with E-state index < -0.39 is 17.7 Å². The highest BCUT2D eigenvalue weighted by Gasteiger charge is 2.19. The van der Waals surface area contributed by atoms with Crippen molar-refractivity contribution in [3.05, 3.63) is 35.4 Å². The molecule has 2 atom stereocenters. The van der Waals surface area contributed by atoms with Gasteiger partial charge in [0.2, 0.25) is 0 Å². The number of rotatable bonds is 6. The molecule has 0 spiro atoms.